The lowest BCUT2D eigenvalue weighted by Gasteiger charge is -2.23. The lowest BCUT2D eigenvalue weighted by molar-refractivity contribution is -0.162. The molecule has 0 aromatic heterocycles. The maximum atomic E-state index is 14.2. The van der Waals surface area contributed by atoms with E-state index in [0.717, 1.165) is 33.5 Å². The Morgan fingerprint density at radius 1 is 0.854 bits per heavy atom. The normalized spacial score (nSPS) is 20.0. The van der Waals surface area contributed by atoms with Gasteiger partial charge in [0, 0.05) is 12.5 Å². The third kappa shape index (κ3) is 5.97. The molecule has 2 aromatic rings. The summed E-state index contributed by atoms with van der Waals surface area (Å²) in [6.07, 6.45) is 2.15. The van der Waals surface area contributed by atoms with Crippen LogP contribution in [0.4, 0.5) is 0 Å². The molecule has 1 aliphatic heterocycles. The first-order chi connectivity index (χ1) is 19.6. The van der Waals surface area contributed by atoms with Crippen LogP contribution in [0.1, 0.15) is 38.5 Å². The number of rotatable bonds is 12. The predicted octanol–water partition coefficient (Wildman–Crippen LogP) is 3.62. The van der Waals surface area contributed by atoms with Gasteiger partial charge < -0.3 is 18.9 Å². The highest BCUT2D eigenvalue weighted by atomic mass is 32.3. The second-order valence-electron chi connectivity index (χ2n) is 9.86. The highest BCUT2D eigenvalue weighted by molar-refractivity contribution is 8.11. The molecule has 2 unspecified atom stereocenters. The Balaban J connectivity index is 1.81. The Morgan fingerprint density at radius 2 is 1.39 bits per heavy atom. The zero-order valence-corrected chi connectivity index (χ0v) is 24.6. The van der Waals surface area contributed by atoms with E-state index in [1.807, 2.05) is 0 Å². The number of benzene rings is 2. The molecule has 1 saturated heterocycles. The zero-order chi connectivity index (χ0) is 29.7. The number of esters is 2. The van der Waals surface area contributed by atoms with Gasteiger partial charge in [0.25, 0.3) is 0 Å². The van der Waals surface area contributed by atoms with Gasteiger partial charge in [-0.15, -0.1) is 0 Å². The number of hydrogen-bond donors (Lipinski definition) is 0. The molecule has 2 aromatic carbocycles. The summed E-state index contributed by atoms with van der Waals surface area (Å²) in [7, 11) is -6.95. The van der Waals surface area contributed by atoms with Crippen molar-refractivity contribution >= 4 is 31.6 Å². The fraction of sp³-hybridized carbons (Fsp3) is 0.448. The molecule has 1 aliphatic carbocycles. The molecular weight excluding hydrogens is 572 g/mol. The molecule has 0 radical (unpaired) electrons. The molecule has 0 amide bonds. The predicted molar refractivity (Wildman–Crippen MR) is 148 cm³/mol. The highest BCUT2D eigenvalue weighted by Crippen LogP contribution is 2.62. The van der Waals surface area contributed by atoms with Crippen molar-refractivity contribution in [2.45, 2.75) is 58.7 Å². The van der Waals surface area contributed by atoms with E-state index in [1.165, 1.54) is 48.5 Å². The van der Waals surface area contributed by atoms with E-state index in [2.05, 4.69) is 0 Å². The van der Waals surface area contributed by atoms with Crippen LogP contribution >= 0.6 is 0 Å². The van der Waals surface area contributed by atoms with Gasteiger partial charge in [-0.05, 0) is 68.4 Å². The molecule has 222 valence electrons. The smallest absolute Gasteiger partial charge is 0.345 e. The fourth-order valence-electron chi connectivity index (χ4n) is 5.29. The average molecular weight is 607 g/mol. The second kappa shape index (κ2) is 12.8. The van der Waals surface area contributed by atoms with Crippen molar-refractivity contribution in [1.82, 2.24) is 0 Å². The Bertz CT molecular complexity index is 1390. The van der Waals surface area contributed by atoms with Crippen LogP contribution in [0.3, 0.4) is 0 Å². The quantitative estimate of drug-likeness (QED) is 0.116. The monoisotopic (exact) mass is 606 g/mol. The Morgan fingerprint density at radius 3 is 1.85 bits per heavy atom. The average Bonchev–Trinajstić information content (AvgIpc) is 3.78. The van der Waals surface area contributed by atoms with Crippen LogP contribution in [-0.2, 0) is 48.2 Å². The van der Waals surface area contributed by atoms with Gasteiger partial charge in [0.2, 0.25) is 0 Å². The van der Waals surface area contributed by atoms with Crippen LogP contribution in [-0.4, -0.2) is 66.6 Å². The van der Waals surface area contributed by atoms with Gasteiger partial charge in [-0.1, -0.05) is 36.4 Å². The van der Waals surface area contributed by atoms with Crippen molar-refractivity contribution in [2.75, 3.05) is 27.4 Å². The molecule has 4 rings (SSSR count). The van der Waals surface area contributed by atoms with Crippen LogP contribution in [0.2, 0.25) is 0 Å². The molecule has 12 heteroatoms. The number of allylic oxidation sites excluding steroid dienone is 1. The third-order valence-corrected chi connectivity index (χ3v) is 13.3. The van der Waals surface area contributed by atoms with Crippen molar-refractivity contribution in [3.8, 4) is 0 Å². The molecule has 2 aliphatic rings. The van der Waals surface area contributed by atoms with Gasteiger partial charge >= 0.3 is 11.9 Å². The summed E-state index contributed by atoms with van der Waals surface area (Å²) in [5, 5.41) is 0. The van der Waals surface area contributed by atoms with E-state index in [4.69, 9.17) is 18.9 Å². The van der Waals surface area contributed by atoms with Gasteiger partial charge in [-0.25, -0.2) is 26.4 Å². The van der Waals surface area contributed by atoms with Crippen LogP contribution < -0.4 is 0 Å². The van der Waals surface area contributed by atoms with Crippen molar-refractivity contribution < 1.29 is 45.4 Å². The van der Waals surface area contributed by atoms with Gasteiger partial charge in [-0.2, -0.15) is 0 Å². The maximum absolute atomic E-state index is 14.2. The van der Waals surface area contributed by atoms with E-state index in [0.29, 0.717) is 6.61 Å². The first-order valence-corrected chi connectivity index (χ1v) is 16.3. The first-order valence-electron chi connectivity index (χ1n) is 13.3. The van der Waals surface area contributed by atoms with Crippen LogP contribution in [0.5, 0.6) is 0 Å². The summed E-state index contributed by atoms with van der Waals surface area (Å²) in [6, 6.07) is 14.6. The van der Waals surface area contributed by atoms with Crippen molar-refractivity contribution in [2.24, 2.45) is 5.92 Å². The molecule has 1 saturated carbocycles. The Kier molecular flexibility index (Phi) is 9.68. The SMILES string of the molecule is COC(=O)C(C(=O)OC)=C(CCCOC1CCCCO1)C1CC1(S(=O)(=O)c1ccccc1)S(=O)(=O)c1ccccc1. The van der Waals surface area contributed by atoms with Crippen LogP contribution in [0.15, 0.2) is 81.6 Å². The third-order valence-electron chi connectivity index (χ3n) is 7.43. The summed E-state index contributed by atoms with van der Waals surface area (Å²) in [4.78, 5) is 25.4. The summed E-state index contributed by atoms with van der Waals surface area (Å²) in [5.74, 6) is -3.31. The van der Waals surface area contributed by atoms with E-state index in [1.54, 1.807) is 12.1 Å². The minimum atomic E-state index is -4.55. The van der Waals surface area contributed by atoms with Crippen molar-refractivity contribution in [3.05, 3.63) is 71.8 Å². The van der Waals surface area contributed by atoms with E-state index in [9.17, 15) is 26.4 Å². The number of ether oxygens (including phenoxy) is 4. The second-order valence-corrected chi connectivity index (χ2v) is 14.5. The number of methoxy groups -OCH3 is 2. The van der Waals surface area contributed by atoms with Gasteiger partial charge in [-0.3, -0.25) is 0 Å². The van der Waals surface area contributed by atoms with Gasteiger partial charge in [0.05, 0.1) is 30.6 Å². The molecule has 10 nitrogen and oxygen atoms in total. The lowest BCUT2D eigenvalue weighted by atomic mass is 9.98. The lowest BCUT2D eigenvalue weighted by Crippen LogP contribution is -2.36. The Hall–Kier alpha value is -3.06. The molecule has 2 fully saturated rings. The van der Waals surface area contributed by atoms with Crippen LogP contribution in [0, 0.1) is 5.92 Å². The number of carbonyl (C=O) groups is 2. The summed E-state index contributed by atoms with van der Waals surface area (Å²) >= 11 is 0. The summed E-state index contributed by atoms with van der Waals surface area (Å²) in [5.41, 5.74) is -0.474. The summed E-state index contributed by atoms with van der Waals surface area (Å²) < 4.78 is 75.6. The van der Waals surface area contributed by atoms with Crippen molar-refractivity contribution in [1.29, 1.82) is 0 Å². The number of hydrogen-bond acceptors (Lipinski definition) is 10. The zero-order valence-electron chi connectivity index (χ0n) is 23.0. The molecule has 0 N–H and O–H groups in total. The molecular formula is C29H34O10S2. The molecule has 41 heavy (non-hydrogen) atoms. The fourth-order valence-corrected chi connectivity index (χ4v) is 10.7. The molecule has 0 bridgehead atoms. The number of sulfone groups is 2. The minimum absolute atomic E-state index is 0.00666. The van der Waals surface area contributed by atoms with E-state index >= 15 is 0 Å². The number of carbonyl (C=O) groups excluding carboxylic acids is 2. The minimum Gasteiger partial charge on any atom is -0.465 e. The van der Waals surface area contributed by atoms with Crippen LogP contribution in [0.25, 0.3) is 0 Å². The Labute approximate surface area is 240 Å². The van der Waals surface area contributed by atoms with E-state index in [-0.39, 0.29) is 47.5 Å². The van der Waals surface area contributed by atoms with Gasteiger partial charge in [0.1, 0.15) is 5.57 Å². The van der Waals surface area contributed by atoms with Gasteiger partial charge in [0.15, 0.2) is 30.0 Å². The molecule has 1 heterocycles. The largest absolute Gasteiger partial charge is 0.465 e. The standard InChI is InChI=1S/C29H34O10S2/c1-36-27(30)26(28(31)37-2)23(16-11-19-39-25-17-9-10-18-38-25)24-20-29(24,40(32,33)21-12-5-3-6-13-21)41(34,35)22-14-7-4-8-15-22/h3-8,12-15,24-25H,9-11,16-20H2,1-2H3. The topological polar surface area (TPSA) is 139 Å². The first kappa shape index (κ1) is 30.9. The van der Waals surface area contributed by atoms with Crippen molar-refractivity contribution in [3.63, 3.8) is 0 Å². The molecule has 0 spiro atoms. The maximum Gasteiger partial charge on any atom is 0.345 e. The summed E-state index contributed by atoms with van der Waals surface area (Å²) in [6.45, 7) is 0.768. The highest BCUT2D eigenvalue weighted by Gasteiger charge is 2.74. The molecule has 2 atom stereocenters. The van der Waals surface area contributed by atoms with E-state index < -0.39 is 47.2 Å².